The normalized spacial score (nSPS) is 13.6. The van der Waals surface area contributed by atoms with Crippen LogP contribution in [0.3, 0.4) is 0 Å². The lowest BCUT2D eigenvalue weighted by atomic mass is 9.99. The molecule has 0 bridgehead atoms. The van der Waals surface area contributed by atoms with Crippen LogP contribution in [0.25, 0.3) is 5.20 Å². The SMILES string of the molecule is CC[Si](CC)(CC)/C(=C\C(C)(C)O)c1c(C)cccc1C. The first kappa shape index (κ1) is 18.2. The molecular formula is C19H32OSi. The van der Waals surface area contributed by atoms with Crippen molar-refractivity contribution in [1.29, 1.82) is 0 Å². The molecule has 1 aromatic rings. The molecule has 2 heteroatoms. The van der Waals surface area contributed by atoms with Gasteiger partial charge in [0, 0.05) is 0 Å². The topological polar surface area (TPSA) is 20.2 Å². The van der Waals surface area contributed by atoms with Crippen LogP contribution in [0.4, 0.5) is 0 Å². The van der Waals surface area contributed by atoms with E-state index in [1.165, 1.54) is 40.0 Å². The van der Waals surface area contributed by atoms with Crippen LogP contribution in [-0.4, -0.2) is 18.8 Å². The van der Waals surface area contributed by atoms with Crippen molar-refractivity contribution >= 4 is 13.3 Å². The molecule has 0 atom stereocenters. The Morgan fingerprint density at radius 2 is 1.48 bits per heavy atom. The van der Waals surface area contributed by atoms with E-state index in [1.807, 2.05) is 13.8 Å². The molecule has 0 saturated carbocycles. The Bertz CT molecular complexity index is 476. The fourth-order valence-electron chi connectivity index (χ4n) is 3.40. The summed E-state index contributed by atoms with van der Waals surface area (Å²) in [6, 6.07) is 10.2. The van der Waals surface area contributed by atoms with E-state index in [-0.39, 0.29) is 0 Å². The maximum Gasteiger partial charge on any atom is 0.0864 e. The molecule has 0 heterocycles. The van der Waals surface area contributed by atoms with Gasteiger partial charge in [-0.3, -0.25) is 0 Å². The second kappa shape index (κ2) is 6.93. The fourth-order valence-corrected chi connectivity index (χ4v) is 7.63. The Labute approximate surface area is 132 Å². The van der Waals surface area contributed by atoms with Gasteiger partial charge >= 0.3 is 0 Å². The van der Waals surface area contributed by atoms with Crippen LogP contribution in [-0.2, 0) is 0 Å². The molecule has 0 unspecified atom stereocenters. The van der Waals surface area contributed by atoms with Crippen molar-refractivity contribution in [3.8, 4) is 0 Å². The average molecular weight is 305 g/mol. The Morgan fingerprint density at radius 3 is 1.81 bits per heavy atom. The Morgan fingerprint density at radius 1 is 1.05 bits per heavy atom. The zero-order valence-corrected chi connectivity index (χ0v) is 15.9. The monoisotopic (exact) mass is 304 g/mol. The molecule has 0 aliphatic rings. The summed E-state index contributed by atoms with van der Waals surface area (Å²) in [5, 5.41) is 11.9. The van der Waals surface area contributed by atoms with Crippen LogP contribution < -0.4 is 0 Å². The third-order valence-electron chi connectivity index (χ3n) is 4.85. The molecule has 1 nitrogen and oxygen atoms in total. The summed E-state index contributed by atoms with van der Waals surface area (Å²) in [6.45, 7) is 15.1. The molecule has 0 amide bonds. The van der Waals surface area contributed by atoms with Gasteiger partial charge in [0.2, 0.25) is 0 Å². The molecular weight excluding hydrogens is 272 g/mol. The molecule has 118 valence electrons. The second-order valence-corrected chi connectivity index (χ2v) is 12.0. The van der Waals surface area contributed by atoms with E-state index in [9.17, 15) is 5.11 Å². The van der Waals surface area contributed by atoms with Crippen molar-refractivity contribution in [2.45, 2.75) is 72.2 Å². The predicted molar refractivity (Wildman–Crippen MR) is 97.4 cm³/mol. The molecule has 0 fully saturated rings. The summed E-state index contributed by atoms with van der Waals surface area (Å²) in [7, 11) is -1.56. The smallest absolute Gasteiger partial charge is 0.0864 e. The minimum absolute atomic E-state index is 0.762. The summed E-state index contributed by atoms with van der Waals surface area (Å²) in [6.07, 6.45) is 2.14. The quantitative estimate of drug-likeness (QED) is 0.687. The highest BCUT2D eigenvalue weighted by atomic mass is 28.3. The minimum Gasteiger partial charge on any atom is -0.386 e. The molecule has 0 aliphatic carbocycles. The first-order valence-electron chi connectivity index (χ1n) is 8.23. The number of hydrogen-bond donors (Lipinski definition) is 1. The molecule has 0 spiro atoms. The van der Waals surface area contributed by atoms with Crippen LogP contribution in [0.2, 0.25) is 18.1 Å². The number of benzene rings is 1. The predicted octanol–water partition coefficient (Wildman–Crippen LogP) is 5.51. The van der Waals surface area contributed by atoms with Crippen molar-refractivity contribution < 1.29 is 5.11 Å². The maximum atomic E-state index is 10.4. The Kier molecular flexibility index (Phi) is 6.00. The molecule has 0 aromatic heterocycles. The van der Waals surface area contributed by atoms with Crippen LogP contribution in [0.5, 0.6) is 0 Å². The highest BCUT2D eigenvalue weighted by Gasteiger charge is 2.34. The summed E-state index contributed by atoms with van der Waals surface area (Å²) >= 11 is 0. The van der Waals surface area contributed by atoms with Gasteiger partial charge in [-0.05, 0) is 44.4 Å². The van der Waals surface area contributed by atoms with Gasteiger partial charge in [0.05, 0.1) is 13.7 Å². The molecule has 1 rings (SSSR count). The maximum absolute atomic E-state index is 10.4. The number of rotatable bonds is 6. The molecule has 0 aliphatic heterocycles. The molecule has 1 N–H and O–H groups in total. The van der Waals surface area contributed by atoms with Gasteiger partial charge in [-0.1, -0.05) is 68.4 Å². The number of hydrogen-bond acceptors (Lipinski definition) is 1. The summed E-state index contributed by atoms with van der Waals surface area (Å²) in [5.41, 5.74) is 3.29. The van der Waals surface area contributed by atoms with Crippen molar-refractivity contribution in [1.82, 2.24) is 0 Å². The van der Waals surface area contributed by atoms with Crippen molar-refractivity contribution in [2.24, 2.45) is 0 Å². The molecule has 0 saturated heterocycles. The highest BCUT2D eigenvalue weighted by Crippen LogP contribution is 2.39. The first-order chi connectivity index (χ1) is 9.70. The Balaban J connectivity index is 3.66. The molecule has 21 heavy (non-hydrogen) atoms. The average Bonchev–Trinajstić information content (AvgIpc) is 2.39. The first-order valence-corrected chi connectivity index (χ1v) is 10.8. The lowest BCUT2D eigenvalue weighted by Gasteiger charge is -2.35. The van der Waals surface area contributed by atoms with E-state index in [1.54, 1.807) is 0 Å². The van der Waals surface area contributed by atoms with E-state index in [2.05, 4.69) is 58.9 Å². The van der Waals surface area contributed by atoms with Gasteiger partial charge in [0.1, 0.15) is 0 Å². The van der Waals surface area contributed by atoms with E-state index in [4.69, 9.17) is 0 Å². The van der Waals surface area contributed by atoms with Gasteiger partial charge in [-0.15, -0.1) is 0 Å². The van der Waals surface area contributed by atoms with Crippen molar-refractivity contribution in [3.63, 3.8) is 0 Å². The zero-order chi connectivity index (χ0) is 16.3. The van der Waals surface area contributed by atoms with Crippen molar-refractivity contribution in [2.75, 3.05) is 0 Å². The third-order valence-corrected chi connectivity index (χ3v) is 10.4. The lowest BCUT2D eigenvalue weighted by Crippen LogP contribution is -2.36. The Hall–Kier alpha value is -0.863. The van der Waals surface area contributed by atoms with E-state index >= 15 is 0 Å². The summed E-state index contributed by atoms with van der Waals surface area (Å²) in [4.78, 5) is 0. The number of aryl methyl sites for hydroxylation is 2. The highest BCUT2D eigenvalue weighted by molar-refractivity contribution is 6.96. The summed E-state index contributed by atoms with van der Waals surface area (Å²) < 4.78 is 0. The van der Waals surface area contributed by atoms with Crippen molar-refractivity contribution in [3.05, 3.63) is 41.0 Å². The van der Waals surface area contributed by atoms with E-state index < -0.39 is 13.7 Å². The third kappa shape index (κ3) is 4.07. The van der Waals surface area contributed by atoms with Crippen LogP contribution in [0, 0.1) is 13.8 Å². The van der Waals surface area contributed by atoms with Gasteiger partial charge < -0.3 is 5.11 Å². The van der Waals surface area contributed by atoms with Gasteiger partial charge in [-0.2, -0.15) is 0 Å². The van der Waals surface area contributed by atoms with Crippen LogP contribution in [0.1, 0.15) is 51.3 Å². The molecule has 1 aromatic carbocycles. The van der Waals surface area contributed by atoms with Gasteiger partial charge in [0.15, 0.2) is 0 Å². The molecule has 0 radical (unpaired) electrons. The zero-order valence-electron chi connectivity index (χ0n) is 14.9. The van der Waals surface area contributed by atoms with Crippen LogP contribution in [0.15, 0.2) is 24.3 Å². The van der Waals surface area contributed by atoms with E-state index in [0.717, 1.165) is 0 Å². The van der Waals surface area contributed by atoms with Crippen LogP contribution >= 0.6 is 0 Å². The van der Waals surface area contributed by atoms with Gasteiger partial charge in [0.25, 0.3) is 0 Å². The van der Waals surface area contributed by atoms with Gasteiger partial charge in [-0.25, -0.2) is 0 Å². The minimum atomic E-state index is -1.56. The second-order valence-electron chi connectivity index (χ2n) is 6.82. The van der Waals surface area contributed by atoms with E-state index in [0.29, 0.717) is 0 Å². The summed E-state index contributed by atoms with van der Waals surface area (Å²) in [5.74, 6) is 0. The fraction of sp³-hybridized carbons (Fsp3) is 0.579. The standard InChI is InChI=1S/C19H32OSi/c1-8-21(9-2,10-3)17(14-19(6,7)20)18-15(4)12-11-13-16(18)5/h11-14,20H,8-10H2,1-7H3/b17-14-. The number of aliphatic hydroxyl groups is 1. The lowest BCUT2D eigenvalue weighted by molar-refractivity contribution is 0.134. The largest absolute Gasteiger partial charge is 0.386 e.